The second-order valence-electron chi connectivity index (χ2n) is 4.52. The number of nitrogen functional groups attached to an aromatic ring is 1. The molecule has 1 aliphatic rings. The monoisotopic (exact) mass is 283 g/mol. The van der Waals surface area contributed by atoms with Gasteiger partial charge in [-0.05, 0) is 0 Å². The van der Waals surface area contributed by atoms with Crippen molar-refractivity contribution in [3.8, 4) is 6.01 Å². The van der Waals surface area contributed by atoms with Crippen LogP contribution < -0.4 is 11.3 Å². The van der Waals surface area contributed by atoms with Crippen LogP contribution in [0.15, 0.2) is 4.79 Å². The molecule has 2 aromatic rings. The number of aromatic amines is 1. The molecule has 1 aliphatic heterocycles. The Hall–Kier alpha value is -2.17. The van der Waals surface area contributed by atoms with Crippen molar-refractivity contribution in [1.82, 2.24) is 19.5 Å². The van der Waals surface area contributed by atoms with Crippen LogP contribution in [-0.4, -0.2) is 53.7 Å². The molecule has 3 rings (SSSR count). The van der Waals surface area contributed by atoms with Crippen molar-refractivity contribution < 1.29 is 20.1 Å². The predicted octanol–water partition coefficient (Wildman–Crippen LogP) is -1.95. The Morgan fingerprint density at radius 2 is 2.25 bits per heavy atom. The lowest BCUT2D eigenvalue weighted by Gasteiger charge is -2.14. The van der Waals surface area contributed by atoms with Gasteiger partial charge in [-0.3, -0.25) is 14.3 Å². The molecule has 10 nitrogen and oxygen atoms in total. The first-order valence-corrected chi connectivity index (χ1v) is 5.92. The Labute approximate surface area is 111 Å². The summed E-state index contributed by atoms with van der Waals surface area (Å²) in [5.74, 6) is -0.124. The van der Waals surface area contributed by atoms with Gasteiger partial charge < -0.3 is 25.8 Å². The third-order valence-corrected chi connectivity index (χ3v) is 3.22. The van der Waals surface area contributed by atoms with Gasteiger partial charge in [0.2, 0.25) is 5.95 Å². The van der Waals surface area contributed by atoms with Gasteiger partial charge in [-0.25, -0.2) is 0 Å². The molecule has 1 fully saturated rings. The van der Waals surface area contributed by atoms with Crippen molar-refractivity contribution >= 4 is 17.1 Å². The van der Waals surface area contributed by atoms with Crippen LogP contribution in [0.4, 0.5) is 5.95 Å². The zero-order valence-corrected chi connectivity index (χ0v) is 10.2. The second-order valence-corrected chi connectivity index (χ2v) is 4.52. The summed E-state index contributed by atoms with van der Waals surface area (Å²) in [4.78, 5) is 21.6. The Morgan fingerprint density at radius 1 is 1.50 bits per heavy atom. The maximum absolute atomic E-state index is 11.7. The van der Waals surface area contributed by atoms with Gasteiger partial charge in [-0.2, -0.15) is 9.97 Å². The standard InChI is InChI=1S/C10H13N5O5/c11-9-13-7-6(8(18)14-9)12-10(19)15(7)5-1-3(17)4(2-16)20-5/h3-5,16-17H,1-2H2,(H,12,19)(H3,11,13,14,18)/t3?,4-,5-/m1/s1. The molecule has 0 bridgehead atoms. The van der Waals surface area contributed by atoms with Crippen molar-refractivity contribution in [2.24, 2.45) is 0 Å². The lowest BCUT2D eigenvalue weighted by molar-refractivity contribution is -0.0450. The smallest absolute Gasteiger partial charge is 0.298 e. The summed E-state index contributed by atoms with van der Waals surface area (Å²) in [7, 11) is 0. The van der Waals surface area contributed by atoms with E-state index < -0.39 is 30.0 Å². The fourth-order valence-electron chi connectivity index (χ4n) is 2.29. The third kappa shape index (κ3) is 1.81. The summed E-state index contributed by atoms with van der Waals surface area (Å²) in [6.45, 7) is -0.360. The first-order valence-electron chi connectivity index (χ1n) is 5.92. The van der Waals surface area contributed by atoms with Gasteiger partial charge in [0.1, 0.15) is 12.3 Å². The number of hydrogen-bond acceptors (Lipinski definition) is 8. The van der Waals surface area contributed by atoms with E-state index in [0.717, 1.165) is 0 Å². The SMILES string of the molecule is Nc1nc2c(nc(O)n2[C@H]2CC(O)[C@@H](CO)O2)c(=O)[nH]1. The number of aromatic hydroxyl groups is 1. The molecule has 6 N–H and O–H groups in total. The average molecular weight is 283 g/mol. The number of ether oxygens (including phenoxy) is 1. The number of anilines is 1. The number of aromatic nitrogens is 4. The maximum atomic E-state index is 11.7. The third-order valence-electron chi connectivity index (χ3n) is 3.22. The minimum absolute atomic E-state index is 0.0551. The van der Waals surface area contributed by atoms with Crippen LogP contribution in [0, 0.1) is 0 Å². The molecular weight excluding hydrogens is 270 g/mol. The minimum Gasteiger partial charge on any atom is -0.480 e. The molecule has 1 unspecified atom stereocenters. The first-order chi connectivity index (χ1) is 9.51. The molecule has 20 heavy (non-hydrogen) atoms. The number of rotatable bonds is 2. The molecule has 0 radical (unpaired) electrons. The van der Waals surface area contributed by atoms with Gasteiger partial charge >= 0.3 is 0 Å². The molecule has 10 heteroatoms. The lowest BCUT2D eigenvalue weighted by Crippen LogP contribution is -2.24. The van der Waals surface area contributed by atoms with Crippen LogP contribution in [0.25, 0.3) is 11.2 Å². The van der Waals surface area contributed by atoms with Gasteiger partial charge in [0.15, 0.2) is 11.2 Å². The highest BCUT2D eigenvalue weighted by Crippen LogP contribution is 2.33. The second kappa shape index (κ2) is 4.44. The van der Waals surface area contributed by atoms with E-state index in [1.807, 2.05) is 0 Å². The van der Waals surface area contributed by atoms with Crippen LogP contribution in [0.3, 0.4) is 0 Å². The van der Waals surface area contributed by atoms with E-state index in [4.69, 9.17) is 15.6 Å². The number of hydrogen-bond donors (Lipinski definition) is 5. The summed E-state index contributed by atoms with van der Waals surface area (Å²) >= 11 is 0. The van der Waals surface area contributed by atoms with Gasteiger partial charge in [0.05, 0.1) is 12.7 Å². The van der Waals surface area contributed by atoms with Crippen molar-refractivity contribution in [3.63, 3.8) is 0 Å². The van der Waals surface area contributed by atoms with E-state index in [0.29, 0.717) is 0 Å². The number of aliphatic hydroxyl groups is 2. The Bertz CT molecular complexity index is 710. The molecule has 0 saturated carbocycles. The number of fused-ring (bicyclic) bond motifs is 1. The number of nitrogens with two attached hydrogens (primary N) is 1. The topological polar surface area (TPSA) is 160 Å². The molecule has 1 saturated heterocycles. The van der Waals surface area contributed by atoms with Gasteiger partial charge in [-0.15, -0.1) is 0 Å². The van der Waals surface area contributed by atoms with E-state index >= 15 is 0 Å². The molecular formula is C10H13N5O5. The quantitative estimate of drug-likeness (QED) is 0.425. The average Bonchev–Trinajstić information content (AvgIpc) is 2.89. The number of aliphatic hydroxyl groups excluding tert-OH is 2. The first kappa shape index (κ1) is 12.8. The normalized spacial score (nSPS) is 26.4. The molecule has 0 spiro atoms. The summed E-state index contributed by atoms with van der Waals surface area (Å²) in [6, 6.07) is -0.473. The van der Waals surface area contributed by atoms with Crippen molar-refractivity contribution in [3.05, 3.63) is 10.4 Å². The predicted molar refractivity (Wildman–Crippen MR) is 65.8 cm³/mol. The molecule has 108 valence electrons. The Kier molecular flexibility index (Phi) is 2.85. The van der Waals surface area contributed by atoms with E-state index in [1.54, 1.807) is 0 Å². The Balaban J connectivity index is 2.13. The fourth-order valence-corrected chi connectivity index (χ4v) is 2.29. The minimum atomic E-state index is -0.888. The van der Waals surface area contributed by atoms with Crippen LogP contribution in [-0.2, 0) is 4.74 Å². The molecule has 3 heterocycles. The maximum Gasteiger partial charge on any atom is 0.298 e. The molecule has 0 amide bonds. The Morgan fingerprint density at radius 3 is 2.90 bits per heavy atom. The summed E-state index contributed by atoms with van der Waals surface area (Å²) < 4.78 is 6.57. The lowest BCUT2D eigenvalue weighted by atomic mass is 10.2. The molecule has 0 aliphatic carbocycles. The highest BCUT2D eigenvalue weighted by atomic mass is 16.5. The number of nitrogens with zero attached hydrogens (tertiary/aromatic N) is 3. The zero-order chi connectivity index (χ0) is 14.4. The van der Waals surface area contributed by atoms with Gasteiger partial charge in [0, 0.05) is 6.42 Å². The van der Waals surface area contributed by atoms with Gasteiger partial charge in [0.25, 0.3) is 11.6 Å². The van der Waals surface area contributed by atoms with Crippen molar-refractivity contribution in [1.29, 1.82) is 0 Å². The molecule has 3 atom stereocenters. The van der Waals surface area contributed by atoms with Crippen molar-refractivity contribution in [2.45, 2.75) is 24.9 Å². The summed E-state index contributed by atoms with van der Waals surface area (Å²) in [5, 5.41) is 28.6. The number of imidazole rings is 1. The van der Waals surface area contributed by atoms with Crippen LogP contribution >= 0.6 is 0 Å². The highest BCUT2D eigenvalue weighted by molar-refractivity contribution is 5.72. The summed E-state index contributed by atoms with van der Waals surface area (Å²) in [5.41, 5.74) is 4.85. The van der Waals surface area contributed by atoms with Crippen LogP contribution in [0.5, 0.6) is 6.01 Å². The van der Waals surface area contributed by atoms with Crippen LogP contribution in [0.2, 0.25) is 0 Å². The number of nitrogens with one attached hydrogen (secondary N) is 1. The molecule has 0 aromatic carbocycles. The van der Waals surface area contributed by atoms with Crippen LogP contribution in [0.1, 0.15) is 12.6 Å². The van der Waals surface area contributed by atoms with E-state index in [1.165, 1.54) is 4.57 Å². The van der Waals surface area contributed by atoms with E-state index in [9.17, 15) is 15.0 Å². The number of H-pyrrole nitrogens is 1. The van der Waals surface area contributed by atoms with E-state index in [-0.39, 0.29) is 30.1 Å². The largest absolute Gasteiger partial charge is 0.480 e. The highest BCUT2D eigenvalue weighted by Gasteiger charge is 2.37. The van der Waals surface area contributed by atoms with Crippen molar-refractivity contribution in [2.75, 3.05) is 12.3 Å². The summed E-state index contributed by atoms with van der Waals surface area (Å²) in [6.07, 6.45) is -2.32. The fraction of sp³-hybridized carbons (Fsp3) is 0.500. The zero-order valence-electron chi connectivity index (χ0n) is 10.2. The molecule has 2 aromatic heterocycles. The van der Waals surface area contributed by atoms with Gasteiger partial charge in [-0.1, -0.05) is 0 Å². The van der Waals surface area contributed by atoms with E-state index in [2.05, 4.69) is 15.0 Å².